The molecule has 0 saturated heterocycles. The fourth-order valence-corrected chi connectivity index (χ4v) is 1.54. The van der Waals surface area contributed by atoms with E-state index in [2.05, 4.69) is 5.16 Å². The van der Waals surface area contributed by atoms with Gasteiger partial charge in [-0.05, 0) is 5.56 Å². The van der Waals surface area contributed by atoms with E-state index < -0.39 is 5.97 Å². The molecule has 0 fully saturated rings. The van der Waals surface area contributed by atoms with E-state index in [9.17, 15) is 4.79 Å². The minimum absolute atomic E-state index is 0.107. The molecule has 1 aromatic carbocycles. The van der Waals surface area contributed by atoms with Crippen LogP contribution in [0.2, 0.25) is 0 Å². The summed E-state index contributed by atoms with van der Waals surface area (Å²) in [6.45, 7) is 0. The van der Waals surface area contributed by atoms with E-state index in [-0.39, 0.29) is 11.8 Å². The first kappa shape index (κ1) is 9.71. The Hall–Kier alpha value is -1.84. The molecule has 0 aliphatic carbocycles. The highest BCUT2D eigenvalue weighted by Crippen LogP contribution is 2.15. The van der Waals surface area contributed by atoms with Crippen LogP contribution in [0.25, 0.3) is 0 Å². The molecule has 0 spiro atoms. The van der Waals surface area contributed by atoms with Crippen LogP contribution in [0, 0.1) is 0 Å². The van der Waals surface area contributed by atoms with Crippen LogP contribution in [-0.4, -0.2) is 22.9 Å². The second kappa shape index (κ2) is 4.13. The van der Waals surface area contributed by atoms with Crippen molar-refractivity contribution in [3.8, 4) is 0 Å². The van der Waals surface area contributed by atoms with Gasteiger partial charge in [0.1, 0.15) is 6.10 Å². The topological polar surface area (TPSA) is 58.9 Å². The summed E-state index contributed by atoms with van der Waals surface area (Å²) in [5.41, 5.74) is 1.24. The number of benzene rings is 1. The van der Waals surface area contributed by atoms with Crippen molar-refractivity contribution in [2.45, 2.75) is 18.9 Å². The lowest BCUT2D eigenvalue weighted by atomic mass is 10.0. The molecule has 0 aromatic heterocycles. The molecule has 2 rings (SSSR count). The maximum Gasteiger partial charge on any atom is 0.353 e. The summed E-state index contributed by atoms with van der Waals surface area (Å²) < 4.78 is 0. The predicted octanol–water partition coefficient (Wildman–Crippen LogP) is 1.46. The van der Waals surface area contributed by atoms with E-state index in [4.69, 9.17) is 9.94 Å². The summed E-state index contributed by atoms with van der Waals surface area (Å²) in [5, 5.41) is 12.2. The molecule has 4 heteroatoms. The first-order chi connectivity index (χ1) is 7.25. The van der Waals surface area contributed by atoms with Crippen LogP contribution in [0.15, 0.2) is 35.5 Å². The van der Waals surface area contributed by atoms with Crippen LogP contribution in [0.5, 0.6) is 0 Å². The van der Waals surface area contributed by atoms with Gasteiger partial charge in [0, 0.05) is 12.8 Å². The van der Waals surface area contributed by atoms with Crippen molar-refractivity contribution in [3.63, 3.8) is 0 Å². The molecule has 78 valence electrons. The van der Waals surface area contributed by atoms with Crippen molar-refractivity contribution in [2.75, 3.05) is 0 Å². The van der Waals surface area contributed by atoms with Crippen LogP contribution in [0.4, 0.5) is 0 Å². The van der Waals surface area contributed by atoms with Crippen molar-refractivity contribution in [2.24, 2.45) is 5.16 Å². The summed E-state index contributed by atoms with van der Waals surface area (Å²) >= 11 is 0. The van der Waals surface area contributed by atoms with Crippen molar-refractivity contribution in [1.29, 1.82) is 0 Å². The third-order valence-corrected chi connectivity index (χ3v) is 2.29. The third-order valence-electron chi connectivity index (χ3n) is 2.29. The van der Waals surface area contributed by atoms with E-state index >= 15 is 0 Å². The molecule has 0 amide bonds. The molecule has 1 aliphatic rings. The van der Waals surface area contributed by atoms with Crippen LogP contribution in [0.3, 0.4) is 0 Å². The second-order valence-corrected chi connectivity index (χ2v) is 3.46. The number of hydrogen-bond donors (Lipinski definition) is 1. The predicted molar refractivity (Wildman–Crippen MR) is 54.7 cm³/mol. The molecule has 0 bridgehead atoms. The van der Waals surface area contributed by atoms with Gasteiger partial charge in [0.15, 0.2) is 5.71 Å². The van der Waals surface area contributed by atoms with E-state index in [1.54, 1.807) is 0 Å². The maximum atomic E-state index is 10.6. The zero-order chi connectivity index (χ0) is 10.7. The first-order valence-corrected chi connectivity index (χ1v) is 4.75. The normalized spacial score (nSPS) is 19.5. The lowest BCUT2D eigenvalue weighted by molar-refractivity contribution is -0.129. The minimum Gasteiger partial charge on any atom is -0.477 e. The van der Waals surface area contributed by atoms with Crippen molar-refractivity contribution in [3.05, 3.63) is 35.9 Å². The quantitative estimate of drug-likeness (QED) is 0.812. The average Bonchev–Trinajstić information content (AvgIpc) is 2.68. The molecule has 15 heavy (non-hydrogen) atoms. The van der Waals surface area contributed by atoms with Gasteiger partial charge in [-0.1, -0.05) is 35.5 Å². The molecule has 1 unspecified atom stereocenters. The molecule has 1 heterocycles. The molecule has 1 aliphatic heterocycles. The minimum atomic E-state index is -0.995. The smallest absolute Gasteiger partial charge is 0.353 e. The molecular weight excluding hydrogens is 194 g/mol. The summed E-state index contributed by atoms with van der Waals surface area (Å²) in [6.07, 6.45) is 0.934. The molecular formula is C11H11NO3. The third kappa shape index (κ3) is 2.34. The Morgan fingerprint density at radius 2 is 2.20 bits per heavy atom. The number of carboxylic acids is 1. The number of carbonyl (C=O) groups is 1. The van der Waals surface area contributed by atoms with E-state index in [1.807, 2.05) is 30.3 Å². The highest BCUT2D eigenvalue weighted by Gasteiger charge is 2.25. The fourth-order valence-electron chi connectivity index (χ4n) is 1.54. The second-order valence-electron chi connectivity index (χ2n) is 3.46. The number of aliphatic carboxylic acids is 1. The monoisotopic (exact) mass is 205 g/mol. The van der Waals surface area contributed by atoms with Crippen LogP contribution < -0.4 is 0 Å². The van der Waals surface area contributed by atoms with Gasteiger partial charge in [-0.15, -0.1) is 0 Å². The molecule has 1 aromatic rings. The van der Waals surface area contributed by atoms with Gasteiger partial charge in [-0.2, -0.15) is 0 Å². The molecule has 0 saturated carbocycles. The first-order valence-electron chi connectivity index (χ1n) is 4.75. The van der Waals surface area contributed by atoms with Gasteiger partial charge in [0.2, 0.25) is 0 Å². The van der Waals surface area contributed by atoms with Crippen molar-refractivity contribution >= 4 is 11.7 Å². The summed E-state index contributed by atoms with van der Waals surface area (Å²) in [4.78, 5) is 15.6. The average molecular weight is 205 g/mol. The SMILES string of the molecule is O=C(O)C1=NOC(Cc2ccccc2)C1. The van der Waals surface area contributed by atoms with Crippen molar-refractivity contribution in [1.82, 2.24) is 0 Å². The zero-order valence-electron chi connectivity index (χ0n) is 8.09. The highest BCUT2D eigenvalue weighted by atomic mass is 16.6. The lowest BCUT2D eigenvalue weighted by Gasteiger charge is -2.06. The number of carboxylic acid groups (broad SMARTS) is 1. The van der Waals surface area contributed by atoms with Gasteiger partial charge < -0.3 is 9.94 Å². The summed E-state index contributed by atoms with van der Waals surface area (Å²) in [5.74, 6) is -0.995. The highest BCUT2D eigenvalue weighted by molar-refractivity contribution is 6.35. The Kier molecular flexibility index (Phi) is 2.67. The van der Waals surface area contributed by atoms with Gasteiger partial charge in [0.05, 0.1) is 0 Å². The molecule has 1 N–H and O–H groups in total. The Labute approximate surface area is 87.2 Å². The molecule has 0 radical (unpaired) electrons. The van der Waals surface area contributed by atoms with Crippen LogP contribution in [-0.2, 0) is 16.1 Å². The zero-order valence-corrected chi connectivity index (χ0v) is 8.09. The van der Waals surface area contributed by atoms with Crippen LogP contribution >= 0.6 is 0 Å². The van der Waals surface area contributed by atoms with E-state index in [0.29, 0.717) is 12.8 Å². The van der Waals surface area contributed by atoms with Gasteiger partial charge >= 0.3 is 5.97 Å². The number of oxime groups is 1. The molecule has 4 nitrogen and oxygen atoms in total. The van der Waals surface area contributed by atoms with E-state index in [1.165, 1.54) is 0 Å². The van der Waals surface area contributed by atoms with Gasteiger partial charge in [-0.3, -0.25) is 0 Å². The Balaban J connectivity index is 1.93. The molecule has 1 atom stereocenters. The number of nitrogens with zero attached hydrogens (tertiary/aromatic N) is 1. The Bertz CT molecular complexity index is 386. The number of rotatable bonds is 3. The maximum absolute atomic E-state index is 10.6. The van der Waals surface area contributed by atoms with Crippen molar-refractivity contribution < 1.29 is 14.7 Å². The Morgan fingerprint density at radius 1 is 1.47 bits per heavy atom. The lowest BCUT2D eigenvalue weighted by Crippen LogP contribution is -2.16. The number of hydrogen-bond acceptors (Lipinski definition) is 3. The van der Waals surface area contributed by atoms with Crippen LogP contribution in [0.1, 0.15) is 12.0 Å². The summed E-state index contributed by atoms with van der Waals surface area (Å²) in [6, 6.07) is 9.81. The van der Waals surface area contributed by atoms with Gasteiger partial charge in [0.25, 0.3) is 0 Å². The standard InChI is InChI=1S/C11H11NO3/c13-11(14)10-7-9(15-12-10)6-8-4-2-1-3-5-8/h1-5,9H,6-7H2,(H,13,14). The largest absolute Gasteiger partial charge is 0.477 e. The Morgan fingerprint density at radius 3 is 2.80 bits per heavy atom. The van der Waals surface area contributed by atoms with Gasteiger partial charge in [-0.25, -0.2) is 4.79 Å². The fraction of sp³-hybridized carbons (Fsp3) is 0.273. The van der Waals surface area contributed by atoms with E-state index in [0.717, 1.165) is 5.56 Å². The summed E-state index contributed by atoms with van der Waals surface area (Å²) in [7, 11) is 0.